The molecule has 1 rings (SSSR count). The van der Waals surface area contributed by atoms with Crippen LogP contribution >= 0.6 is 0 Å². The Morgan fingerprint density at radius 3 is 2.53 bits per heavy atom. The molecule has 0 bridgehead atoms. The fraction of sp³-hybridized carbons (Fsp3) is 0.778. The Kier molecular flexibility index (Phi) is 1.54. The van der Waals surface area contributed by atoms with Crippen molar-refractivity contribution in [2.75, 3.05) is 27.1 Å². The maximum atomic E-state index is 11.7. The van der Waals surface area contributed by atoms with Crippen LogP contribution in [0.5, 0.6) is 0 Å². The van der Waals surface area contributed by atoms with E-state index in [9.17, 15) is 19.8 Å². The van der Waals surface area contributed by atoms with Gasteiger partial charge in [-0.05, 0) is 26.8 Å². The van der Waals surface area contributed by atoms with Gasteiger partial charge in [0.25, 0.3) is 0 Å². The minimum atomic E-state index is -3.35. The molecule has 0 aliphatic carbocycles. The SMILES string of the molecule is [2H]C1([2H])N(C(=O)O)[C@](CN(C)C)(C(=O)O)C([2H])([2H])C1([2H])[2H]. The number of hydrogen-bond donors (Lipinski definition) is 2. The Morgan fingerprint density at radius 1 is 1.53 bits per heavy atom. The molecule has 1 heterocycles. The first-order valence-electron chi connectivity index (χ1n) is 7.09. The van der Waals surface area contributed by atoms with Crippen LogP contribution in [0, 0.1) is 0 Å². The lowest BCUT2D eigenvalue weighted by atomic mass is 9.96. The van der Waals surface area contributed by atoms with E-state index in [1.165, 1.54) is 19.0 Å². The Morgan fingerprint density at radius 2 is 2.13 bits per heavy atom. The van der Waals surface area contributed by atoms with Gasteiger partial charge in [-0.3, -0.25) is 4.90 Å². The summed E-state index contributed by atoms with van der Waals surface area (Å²) in [6.45, 7) is -4.07. The average Bonchev–Trinajstić information content (AvgIpc) is 2.32. The van der Waals surface area contributed by atoms with Crippen molar-refractivity contribution in [1.29, 1.82) is 0 Å². The molecule has 2 N–H and O–H groups in total. The smallest absolute Gasteiger partial charge is 0.408 e. The topological polar surface area (TPSA) is 81.1 Å². The molecule has 15 heavy (non-hydrogen) atoms. The van der Waals surface area contributed by atoms with E-state index in [1.807, 2.05) is 0 Å². The molecule has 0 aromatic heterocycles. The summed E-state index contributed by atoms with van der Waals surface area (Å²) in [6.07, 6.45) is -8.69. The van der Waals surface area contributed by atoms with Gasteiger partial charge in [0.15, 0.2) is 5.54 Å². The van der Waals surface area contributed by atoms with Gasteiger partial charge in [0.05, 0.1) is 0 Å². The standard InChI is InChI=1S/C9H16N2O4/c1-10(2)6-9(7(12)13)4-3-5-11(9)8(14)15/h3-6H2,1-2H3,(H,12,13)(H,14,15)/t9-/m1/s1/i3D2,4D2,5D2. The highest BCUT2D eigenvalue weighted by Gasteiger charge is 2.50. The van der Waals surface area contributed by atoms with Gasteiger partial charge in [0.2, 0.25) is 0 Å². The van der Waals surface area contributed by atoms with Crippen molar-refractivity contribution in [2.24, 2.45) is 0 Å². The van der Waals surface area contributed by atoms with E-state index in [1.54, 1.807) is 0 Å². The fourth-order valence-electron chi connectivity index (χ4n) is 1.33. The van der Waals surface area contributed by atoms with E-state index >= 15 is 0 Å². The van der Waals surface area contributed by atoms with E-state index in [0.29, 0.717) is 0 Å². The van der Waals surface area contributed by atoms with E-state index in [4.69, 9.17) is 8.22 Å². The third-order valence-corrected chi connectivity index (χ3v) is 1.91. The highest BCUT2D eigenvalue weighted by atomic mass is 16.4. The fourth-order valence-corrected chi connectivity index (χ4v) is 1.33. The maximum Gasteiger partial charge on any atom is 0.408 e. The van der Waals surface area contributed by atoms with Gasteiger partial charge in [-0.2, -0.15) is 0 Å². The molecule has 86 valence electrons. The predicted molar refractivity (Wildman–Crippen MR) is 52.9 cm³/mol. The summed E-state index contributed by atoms with van der Waals surface area (Å²) in [4.78, 5) is 23.9. The first-order chi connectivity index (χ1) is 9.18. The molecule has 1 saturated heterocycles. The van der Waals surface area contributed by atoms with Crippen molar-refractivity contribution >= 4 is 12.1 Å². The monoisotopic (exact) mass is 222 g/mol. The van der Waals surface area contributed by atoms with Crippen LogP contribution in [-0.2, 0) is 4.79 Å². The number of carbonyl (C=O) groups is 2. The molecule has 1 aliphatic rings. The highest BCUT2D eigenvalue weighted by molar-refractivity contribution is 5.85. The number of amides is 1. The van der Waals surface area contributed by atoms with Gasteiger partial charge in [-0.1, -0.05) is 0 Å². The Labute approximate surface area is 96.5 Å². The lowest BCUT2D eigenvalue weighted by Gasteiger charge is -2.34. The molecule has 1 atom stereocenters. The molecular weight excluding hydrogens is 200 g/mol. The number of rotatable bonds is 3. The summed E-state index contributed by atoms with van der Waals surface area (Å²) in [7, 11) is 2.70. The molecule has 6 heteroatoms. The first-order valence-corrected chi connectivity index (χ1v) is 4.09. The molecule has 0 spiro atoms. The summed E-state index contributed by atoms with van der Waals surface area (Å²) >= 11 is 0. The molecule has 0 aromatic carbocycles. The molecular formula is C9H16N2O4. The quantitative estimate of drug-likeness (QED) is 0.710. The number of hydrogen-bond acceptors (Lipinski definition) is 3. The number of aliphatic carboxylic acids is 1. The predicted octanol–water partition coefficient (Wildman–Crippen LogP) is 0.145. The number of likely N-dealkylation sites (tertiary alicyclic amines) is 1. The summed E-state index contributed by atoms with van der Waals surface area (Å²) in [5.41, 5.74) is -2.92. The van der Waals surface area contributed by atoms with Crippen LogP contribution in [0.4, 0.5) is 4.79 Å². The molecule has 0 aromatic rings. The van der Waals surface area contributed by atoms with Gasteiger partial charge in [0.1, 0.15) is 0 Å². The zero-order valence-corrected chi connectivity index (χ0v) is 8.31. The van der Waals surface area contributed by atoms with Crippen molar-refractivity contribution in [3.63, 3.8) is 0 Å². The van der Waals surface area contributed by atoms with E-state index in [0.717, 1.165) is 0 Å². The number of nitrogens with zero attached hydrogens (tertiary/aromatic N) is 2. The van der Waals surface area contributed by atoms with Crippen LogP contribution in [0.15, 0.2) is 0 Å². The summed E-state index contributed by atoms with van der Waals surface area (Å²) in [6, 6.07) is 0. The minimum absolute atomic E-state index is 0.262. The third kappa shape index (κ3) is 2.04. The Balaban J connectivity index is 3.79. The summed E-state index contributed by atoms with van der Waals surface area (Å²) in [5.74, 6) is -1.95. The summed E-state index contributed by atoms with van der Waals surface area (Å²) in [5, 5.41) is 18.6. The van der Waals surface area contributed by atoms with Gasteiger partial charge in [0, 0.05) is 21.3 Å². The van der Waals surface area contributed by atoms with Crippen molar-refractivity contribution in [3.8, 4) is 0 Å². The molecule has 0 unspecified atom stereocenters. The largest absolute Gasteiger partial charge is 0.479 e. The normalized spacial score (nSPS) is 41.9. The lowest BCUT2D eigenvalue weighted by molar-refractivity contribution is -0.149. The second-order valence-electron chi connectivity index (χ2n) is 3.38. The molecule has 0 radical (unpaired) electrons. The van der Waals surface area contributed by atoms with Crippen LogP contribution in [0.2, 0.25) is 0 Å². The molecule has 6 nitrogen and oxygen atoms in total. The first kappa shape index (κ1) is 5.69. The molecule has 0 saturated carbocycles. The number of carboxylic acids is 1. The Hall–Kier alpha value is -1.30. The molecule has 1 aliphatic heterocycles. The molecule has 1 amide bonds. The summed E-state index contributed by atoms with van der Waals surface area (Å²) < 4.78 is 46.2. The highest BCUT2D eigenvalue weighted by Crippen LogP contribution is 2.30. The minimum Gasteiger partial charge on any atom is -0.479 e. The van der Waals surface area contributed by atoms with Crippen LogP contribution in [0.3, 0.4) is 0 Å². The van der Waals surface area contributed by atoms with Crippen LogP contribution in [0.1, 0.15) is 21.0 Å². The van der Waals surface area contributed by atoms with Crippen LogP contribution in [0.25, 0.3) is 0 Å². The van der Waals surface area contributed by atoms with Crippen molar-refractivity contribution in [2.45, 2.75) is 18.3 Å². The zero-order chi connectivity index (χ0) is 17.0. The van der Waals surface area contributed by atoms with Gasteiger partial charge in [-0.25, -0.2) is 9.59 Å². The van der Waals surface area contributed by atoms with Crippen molar-refractivity contribution < 1.29 is 28.0 Å². The van der Waals surface area contributed by atoms with Gasteiger partial charge < -0.3 is 15.1 Å². The second-order valence-corrected chi connectivity index (χ2v) is 3.38. The second kappa shape index (κ2) is 4.06. The lowest BCUT2D eigenvalue weighted by Crippen LogP contribution is -2.58. The van der Waals surface area contributed by atoms with Crippen molar-refractivity contribution in [1.82, 2.24) is 9.80 Å². The van der Waals surface area contributed by atoms with E-state index < -0.39 is 43.4 Å². The third-order valence-electron chi connectivity index (χ3n) is 1.91. The average molecular weight is 222 g/mol. The van der Waals surface area contributed by atoms with Crippen LogP contribution < -0.4 is 0 Å². The van der Waals surface area contributed by atoms with E-state index in [-0.39, 0.29) is 4.90 Å². The van der Waals surface area contributed by atoms with Crippen molar-refractivity contribution in [3.05, 3.63) is 0 Å². The maximum absolute atomic E-state index is 11.7. The molecule has 1 fully saturated rings. The zero-order valence-electron chi connectivity index (χ0n) is 14.3. The van der Waals surface area contributed by atoms with Crippen LogP contribution in [-0.4, -0.2) is 64.8 Å². The number of likely N-dealkylation sites (N-methyl/N-ethyl adjacent to an activating group) is 1. The van der Waals surface area contributed by atoms with Gasteiger partial charge in [-0.15, -0.1) is 0 Å². The van der Waals surface area contributed by atoms with E-state index in [2.05, 4.69) is 0 Å². The van der Waals surface area contributed by atoms with Gasteiger partial charge >= 0.3 is 12.1 Å². The number of carboxylic acid groups (broad SMARTS) is 2. The Bertz CT molecular complexity index is 483.